The van der Waals surface area contributed by atoms with Crippen molar-refractivity contribution in [1.29, 1.82) is 15.8 Å². The van der Waals surface area contributed by atoms with Crippen molar-refractivity contribution in [1.82, 2.24) is 0 Å². The van der Waals surface area contributed by atoms with Crippen LogP contribution in [0.25, 0.3) is 33.4 Å². The third kappa shape index (κ3) is 8.52. The van der Waals surface area contributed by atoms with E-state index in [4.69, 9.17) is 15.8 Å². The van der Waals surface area contributed by atoms with Crippen LogP contribution in [0, 0.1) is 69.5 Å². The lowest BCUT2D eigenvalue weighted by molar-refractivity contribution is 1.48. The summed E-state index contributed by atoms with van der Waals surface area (Å²) >= 11 is 0. The fourth-order valence-corrected chi connectivity index (χ4v) is 5.68. The first-order chi connectivity index (χ1) is 26.5. The molecule has 7 rings (SSSR count). The van der Waals surface area contributed by atoms with Crippen molar-refractivity contribution in [3.05, 3.63) is 214 Å². The van der Waals surface area contributed by atoms with Gasteiger partial charge in [0.25, 0.3) is 0 Å². The van der Waals surface area contributed by atoms with Crippen LogP contribution in [0.2, 0.25) is 0 Å². The average Bonchev–Trinajstić information content (AvgIpc) is 3.25. The summed E-state index contributed by atoms with van der Waals surface area (Å²) in [4.78, 5) is 0. The van der Waals surface area contributed by atoms with Gasteiger partial charge in [-0.3, -0.25) is 0 Å². The van der Waals surface area contributed by atoms with E-state index in [1.807, 2.05) is 72.8 Å². The van der Waals surface area contributed by atoms with Gasteiger partial charge in [-0.1, -0.05) is 71.9 Å². The first-order valence-corrected chi connectivity index (χ1v) is 17.1. The summed E-state index contributed by atoms with van der Waals surface area (Å²) < 4.78 is 0. The summed E-state index contributed by atoms with van der Waals surface area (Å²) in [7, 11) is 0. The second kappa shape index (κ2) is 16.1. The molecule has 7 aromatic carbocycles. The zero-order chi connectivity index (χ0) is 37.1. The van der Waals surface area contributed by atoms with E-state index in [-0.39, 0.29) is 0 Å². The number of hydrogen-bond donors (Lipinski definition) is 0. The predicted molar refractivity (Wildman–Crippen MR) is 214 cm³/mol. The molecule has 3 nitrogen and oxygen atoms in total. The largest absolute Gasteiger partial charge is 0.192 e. The molecule has 0 saturated heterocycles. The van der Waals surface area contributed by atoms with Crippen LogP contribution in [-0.2, 0) is 0 Å². The van der Waals surface area contributed by atoms with Crippen LogP contribution in [0.1, 0.15) is 50.1 Å². The van der Waals surface area contributed by atoms with Gasteiger partial charge in [-0.15, -0.1) is 0 Å². The van der Waals surface area contributed by atoms with Gasteiger partial charge in [0.1, 0.15) is 0 Å². The number of nitriles is 3. The Morgan fingerprint density at radius 2 is 0.370 bits per heavy atom. The molecule has 3 heteroatoms. The van der Waals surface area contributed by atoms with Gasteiger partial charge in [0, 0.05) is 33.4 Å². The summed E-state index contributed by atoms with van der Waals surface area (Å²) in [5.74, 6) is 19.3. The average molecular weight is 682 g/mol. The van der Waals surface area contributed by atoms with Crippen molar-refractivity contribution in [2.24, 2.45) is 0 Å². The summed E-state index contributed by atoms with van der Waals surface area (Å²) in [6.45, 7) is 0. The Morgan fingerprint density at radius 3 is 0.556 bits per heavy atom. The molecule has 0 bridgehead atoms. The van der Waals surface area contributed by atoms with E-state index in [0.29, 0.717) is 16.7 Å². The SMILES string of the molecule is N#Cc1ccc(C#Cc2ccc(-c3cc(-c4ccc(C#Cc5ccc(C#N)cc5)cc4)cc(-c4ccc(C#Cc5ccc(C#N)cc5)cc4)c3)cc2)cc1. The highest BCUT2D eigenvalue weighted by Gasteiger charge is 2.08. The zero-order valence-electron chi connectivity index (χ0n) is 28.9. The smallest absolute Gasteiger partial charge is 0.0991 e. The Balaban J connectivity index is 1.19. The number of rotatable bonds is 3. The molecule has 0 aliphatic rings. The van der Waals surface area contributed by atoms with Gasteiger partial charge >= 0.3 is 0 Å². The minimum Gasteiger partial charge on any atom is -0.192 e. The van der Waals surface area contributed by atoms with Crippen molar-refractivity contribution in [3.8, 4) is 87.1 Å². The second-order valence-electron chi connectivity index (χ2n) is 12.3. The van der Waals surface area contributed by atoms with Crippen LogP contribution in [0.15, 0.2) is 164 Å². The number of hydrogen-bond acceptors (Lipinski definition) is 3. The Labute approximate surface area is 315 Å². The second-order valence-corrected chi connectivity index (χ2v) is 12.3. The maximum absolute atomic E-state index is 9.07. The topological polar surface area (TPSA) is 71.4 Å². The van der Waals surface area contributed by atoms with E-state index < -0.39 is 0 Å². The summed E-state index contributed by atoms with van der Waals surface area (Å²) in [6, 6.07) is 59.5. The van der Waals surface area contributed by atoms with E-state index in [2.05, 4.69) is 108 Å². The van der Waals surface area contributed by atoms with Crippen LogP contribution in [0.4, 0.5) is 0 Å². The molecule has 0 aliphatic carbocycles. The standard InChI is InChI=1S/C51H27N3/c52-34-43-13-7-37(8-14-43)1-4-40-19-25-46(26-20-40)49-31-50(47-27-21-41(22-28-47)5-2-38-9-15-44(35-53)16-10-38)33-51(32-49)48-29-23-42(24-30-48)6-3-39-11-17-45(36-54)18-12-39/h7-33H. The van der Waals surface area contributed by atoms with Crippen molar-refractivity contribution < 1.29 is 0 Å². The molecule has 0 spiro atoms. The Hall–Kier alpha value is -8.31. The van der Waals surface area contributed by atoms with Crippen molar-refractivity contribution >= 4 is 0 Å². The van der Waals surface area contributed by atoms with Crippen molar-refractivity contribution in [3.63, 3.8) is 0 Å². The molecule has 0 heterocycles. The van der Waals surface area contributed by atoms with Crippen LogP contribution >= 0.6 is 0 Å². The van der Waals surface area contributed by atoms with Crippen LogP contribution < -0.4 is 0 Å². The molecular formula is C51H27N3. The molecule has 7 aromatic rings. The molecule has 0 radical (unpaired) electrons. The molecule has 0 unspecified atom stereocenters. The van der Waals surface area contributed by atoms with Crippen LogP contribution in [-0.4, -0.2) is 0 Å². The first kappa shape index (κ1) is 34.2. The highest BCUT2D eigenvalue weighted by atomic mass is 14.2. The summed E-state index contributed by atoms with van der Waals surface area (Å²) in [6.07, 6.45) is 0. The van der Waals surface area contributed by atoms with Gasteiger partial charge in [-0.05, 0) is 161 Å². The van der Waals surface area contributed by atoms with E-state index in [1.165, 1.54) is 0 Å². The van der Waals surface area contributed by atoms with Gasteiger partial charge < -0.3 is 0 Å². The normalized spacial score (nSPS) is 9.72. The molecule has 54 heavy (non-hydrogen) atoms. The molecule has 0 aromatic heterocycles. The predicted octanol–water partition coefficient (Wildman–Crippen LogP) is 10.5. The highest BCUT2D eigenvalue weighted by Crippen LogP contribution is 2.33. The lowest BCUT2D eigenvalue weighted by atomic mass is 9.92. The molecule has 0 saturated carbocycles. The maximum Gasteiger partial charge on any atom is 0.0991 e. The third-order valence-electron chi connectivity index (χ3n) is 8.68. The Kier molecular flexibility index (Phi) is 10.2. The van der Waals surface area contributed by atoms with E-state index in [9.17, 15) is 0 Å². The lowest BCUT2D eigenvalue weighted by Gasteiger charge is -2.12. The number of benzene rings is 7. The van der Waals surface area contributed by atoms with Crippen molar-refractivity contribution in [2.45, 2.75) is 0 Å². The fourth-order valence-electron chi connectivity index (χ4n) is 5.68. The number of nitrogens with zero attached hydrogens (tertiary/aromatic N) is 3. The quantitative estimate of drug-likeness (QED) is 0.174. The molecular weight excluding hydrogens is 655 g/mol. The van der Waals surface area contributed by atoms with Gasteiger partial charge in [0.05, 0.1) is 34.9 Å². The van der Waals surface area contributed by atoms with Crippen LogP contribution in [0.5, 0.6) is 0 Å². The third-order valence-corrected chi connectivity index (χ3v) is 8.68. The molecule has 246 valence electrons. The maximum atomic E-state index is 9.07. The minimum atomic E-state index is 0.611. The Morgan fingerprint density at radius 1 is 0.204 bits per heavy atom. The van der Waals surface area contributed by atoms with Gasteiger partial charge in [0.15, 0.2) is 0 Å². The molecule has 0 aliphatic heterocycles. The fraction of sp³-hybridized carbons (Fsp3) is 0. The summed E-state index contributed by atoms with van der Waals surface area (Å²) in [5.41, 5.74) is 13.5. The van der Waals surface area contributed by atoms with Crippen molar-refractivity contribution in [2.75, 3.05) is 0 Å². The monoisotopic (exact) mass is 681 g/mol. The molecule has 0 N–H and O–H groups in total. The van der Waals surface area contributed by atoms with Gasteiger partial charge in [-0.25, -0.2) is 0 Å². The highest BCUT2D eigenvalue weighted by molar-refractivity contribution is 5.81. The first-order valence-electron chi connectivity index (χ1n) is 17.1. The minimum absolute atomic E-state index is 0.611. The molecule has 0 amide bonds. The molecule has 0 fully saturated rings. The van der Waals surface area contributed by atoms with E-state index in [0.717, 1.165) is 66.8 Å². The Bertz CT molecular complexity index is 2460. The zero-order valence-corrected chi connectivity index (χ0v) is 28.9. The lowest BCUT2D eigenvalue weighted by Crippen LogP contribution is -1.87. The van der Waals surface area contributed by atoms with E-state index in [1.54, 1.807) is 36.4 Å². The summed E-state index contributed by atoms with van der Waals surface area (Å²) in [5, 5.41) is 27.2. The molecule has 0 atom stereocenters. The van der Waals surface area contributed by atoms with Gasteiger partial charge in [0.2, 0.25) is 0 Å². The van der Waals surface area contributed by atoms with E-state index >= 15 is 0 Å². The van der Waals surface area contributed by atoms with Gasteiger partial charge in [-0.2, -0.15) is 15.8 Å². The van der Waals surface area contributed by atoms with Crippen LogP contribution in [0.3, 0.4) is 0 Å².